The van der Waals surface area contributed by atoms with Gasteiger partial charge in [0.1, 0.15) is 12.1 Å². The van der Waals surface area contributed by atoms with Crippen molar-refractivity contribution in [3.63, 3.8) is 0 Å². The molecule has 0 bridgehead atoms. The molecule has 2 aliphatic rings. The Labute approximate surface area is 104 Å². The van der Waals surface area contributed by atoms with Crippen LogP contribution in [0.1, 0.15) is 17.7 Å². The van der Waals surface area contributed by atoms with Crippen LogP contribution in [0.5, 0.6) is 0 Å². The number of nitrogens with zero attached hydrogens (tertiary/aromatic N) is 5. The first-order valence-corrected chi connectivity index (χ1v) is 5.60. The first-order valence-electron chi connectivity index (χ1n) is 5.60. The molecule has 0 amide bonds. The Morgan fingerprint density at radius 1 is 1.24 bits per heavy atom. The first-order chi connectivity index (χ1) is 7.93. The van der Waals surface area contributed by atoms with Crippen molar-refractivity contribution in [2.75, 3.05) is 18.0 Å². The Kier molecular flexibility index (Phi) is 2.41. The van der Waals surface area contributed by atoms with Gasteiger partial charge in [0.15, 0.2) is 0 Å². The van der Waals surface area contributed by atoms with Crippen molar-refractivity contribution < 1.29 is 0 Å². The number of aromatic nitrogens is 4. The average molecular weight is 253 g/mol. The molecular weight excluding hydrogens is 240 g/mol. The SMILES string of the molecule is Cl.c1nnc2nc(N3CCC3)c3c(n12)CNC3. The standard InChI is InChI=1S/C10H12N6.ClH/c1-2-15(3-1)9-7-4-11-5-8(7)16-6-12-14-10(16)13-9;/h6,11H,1-5H2;1H. The molecule has 90 valence electrons. The zero-order valence-corrected chi connectivity index (χ0v) is 10.1. The quantitative estimate of drug-likeness (QED) is 0.794. The molecule has 1 fully saturated rings. The smallest absolute Gasteiger partial charge is 0.257 e. The van der Waals surface area contributed by atoms with Gasteiger partial charge in [0.2, 0.25) is 0 Å². The van der Waals surface area contributed by atoms with E-state index in [1.165, 1.54) is 17.7 Å². The maximum atomic E-state index is 4.60. The lowest BCUT2D eigenvalue weighted by molar-refractivity contribution is 0.605. The molecule has 4 rings (SSSR count). The fourth-order valence-corrected chi connectivity index (χ4v) is 2.40. The molecule has 0 spiro atoms. The summed E-state index contributed by atoms with van der Waals surface area (Å²) in [6.45, 7) is 4.02. The van der Waals surface area contributed by atoms with Crippen molar-refractivity contribution in [3.8, 4) is 0 Å². The van der Waals surface area contributed by atoms with Crippen LogP contribution in [0.3, 0.4) is 0 Å². The number of fused-ring (bicyclic) bond motifs is 3. The van der Waals surface area contributed by atoms with Gasteiger partial charge in [-0.1, -0.05) is 0 Å². The second kappa shape index (κ2) is 3.82. The van der Waals surface area contributed by atoms with Crippen molar-refractivity contribution in [1.82, 2.24) is 24.9 Å². The van der Waals surface area contributed by atoms with Gasteiger partial charge in [-0.2, -0.15) is 4.98 Å². The van der Waals surface area contributed by atoms with E-state index in [1.807, 2.05) is 4.40 Å². The largest absolute Gasteiger partial charge is 0.356 e. The van der Waals surface area contributed by atoms with Gasteiger partial charge in [0.05, 0.1) is 0 Å². The van der Waals surface area contributed by atoms with Gasteiger partial charge in [-0.15, -0.1) is 22.6 Å². The van der Waals surface area contributed by atoms with Gasteiger partial charge >= 0.3 is 0 Å². The Hall–Kier alpha value is -1.40. The molecule has 0 saturated carbocycles. The zero-order valence-electron chi connectivity index (χ0n) is 9.26. The van der Waals surface area contributed by atoms with Gasteiger partial charge < -0.3 is 10.2 Å². The van der Waals surface area contributed by atoms with E-state index in [2.05, 4.69) is 25.4 Å². The second-order valence-electron chi connectivity index (χ2n) is 4.31. The van der Waals surface area contributed by atoms with Crippen LogP contribution < -0.4 is 10.2 Å². The third-order valence-corrected chi connectivity index (χ3v) is 3.39. The maximum absolute atomic E-state index is 4.60. The summed E-state index contributed by atoms with van der Waals surface area (Å²) >= 11 is 0. The van der Waals surface area contributed by atoms with Crippen LogP contribution >= 0.6 is 12.4 Å². The fourth-order valence-electron chi connectivity index (χ4n) is 2.40. The highest BCUT2D eigenvalue weighted by molar-refractivity contribution is 5.85. The van der Waals surface area contributed by atoms with Crippen LogP contribution in [0.4, 0.5) is 5.82 Å². The van der Waals surface area contributed by atoms with Crippen molar-refractivity contribution in [2.45, 2.75) is 19.5 Å². The van der Waals surface area contributed by atoms with Gasteiger partial charge in [-0.3, -0.25) is 4.40 Å². The van der Waals surface area contributed by atoms with E-state index in [4.69, 9.17) is 0 Å². The Morgan fingerprint density at radius 3 is 2.88 bits per heavy atom. The van der Waals surface area contributed by atoms with E-state index in [0.29, 0.717) is 5.78 Å². The minimum Gasteiger partial charge on any atom is -0.356 e. The summed E-state index contributed by atoms with van der Waals surface area (Å²) in [4.78, 5) is 6.92. The first kappa shape index (κ1) is 10.7. The molecule has 4 heterocycles. The van der Waals surface area contributed by atoms with E-state index in [1.54, 1.807) is 6.33 Å². The summed E-state index contributed by atoms with van der Waals surface area (Å²) in [7, 11) is 0. The maximum Gasteiger partial charge on any atom is 0.257 e. The third-order valence-electron chi connectivity index (χ3n) is 3.39. The second-order valence-corrected chi connectivity index (χ2v) is 4.31. The molecule has 0 aromatic carbocycles. The van der Waals surface area contributed by atoms with Gasteiger partial charge in [-0.05, 0) is 6.42 Å². The van der Waals surface area contributed by atoms with Crippen molar-refractivity contribution in [2.24, 2.45) is 0 Å². The number of hydrogen-bond donors (Lipinski definition) is 1. The molecule has 2 aliphatic heterocycles. The summed E-state index contributed by atoms with van der Waals surface area (Å²) in [5.74, 6) is 1.82. The zero-order chi connectivity index (χ0) is 10.5. The minimum atomic E-state index is 0. The van der Waals surface area contributed by atoms with Crippen molar-refractivity contribution in [1.29, 1.82) is 0 Å². The fraction of sp³-hybridized carbons (Fsp3) is 0.500. The summed E-state index contributed by atoms with van der Waals surface area (Å²) in [5, 5.41) is 11.3. The molecule has 1 saturated heterocycles. The Morgan fingerprint density at radius 2 is 2.12 bits per heavy atom. The van der Waals surface area contributed by atoms with Crippen LogP contribution in [-0.4, -0.2) is 32.7 Å². The highest BCUT2D eigenvalue weighted by atomic mass is 35.5. The molecule has 1 N–H and O–H groups in total. The van der Waals surface area contributed by atoms with E-state index in [-0.39, 0.29) is 12.4 Å². The number of hydrogen-bond acceptors (Lipinski definition) is 5. The molecule has 0 aliphatic carbocycles. The summed E-state index contributed by atoms with van der Waals surface area (Å²) in [5.41, 5.74) is 2.57. The van der Waals surface area contributed by atoms with Crippen molar-refractivity contribution in [3.05, 3.63) is 17.6 Å². The van der Waals surface area contributed by atoms with E-state index in [9.17, 15) is 0 Å². The van der Waals surface area contributed by atoms with E-state index >= 15 is 0 Å². The van der Waals surface area contributed by atoms with Crippen LogP contribution in [0.2, 0.25) is 0 Å². The topological polar surface area (TPSA) is 58.4 Å². The molecule has 0 atom stereocenters. The normalized spacial score (nSPS) is 17.8. The number of halogens is 1. The molecule has 17 heavy (non-hydrogen) atoms. The lowest BCUT2D eigenvalue weighted by Crippen LogP contribution is -2.38. The molecule has 6 nitrogen and oxygen atoms in total. The average Bonchev–Trinajstić information content (AvgIpc) is 2.80. The Bertz CT molecular complexity index is 561. The van der Waals surface area contributed by atoms with Crippen LogP contribution in [0, 0.1) is 0 Å². The van der Waals surface area contributed by atoms with E-state index in [0.717, 1.165) is 32.0 Å². The monoisotopic (exact) mass is 252 g/mol. The van der Waals surface area contributed by atoms with Crippen LogP contribution in [0.25, 0.3) is 5.78 Å². The lowest BCUT2D eigenvalue weighted by atomic mass is 10.1. The number of anilines is 1. The van der Waals surface area contributed by atoms with Gasteiger partial charge in [-0.25, -0.2) is 0 Å². The Balaban J connectivity index is 0.000000902. The van der Waals surface area contributed by atoms with Crippen LogP contribution in [0.15, 0.2) is 6.33 Å². The molecule has 2 aromatic heterocycles. The number of rotatable bonds is 1. The third kappa shape index (κ3) is 1.41. The predicted octanol–water partition coefficient (Wildman–Crippen LogP) is 0.359. The van der Waals surface area contributed by atoms with Gasteiger partial charge in [0, 0.05) is 37.4 Å². The molecule has 2 aromatic rings. The highest BCUT2D eigenvalue weighted by Crippen LogP contribution is 2.28. The summed E-state index contributed by atoms with van der Waals surface area (Å²) < 4.78 is 1.98. The minimum absolute atomic E-state index is 0. The van der Waals surface area contributed by atoms with Crippen LogP contribution in [-0.2, 0) is 13.1 Å². The lowest BCUT2D eigenvalue weighted by Gasteiger charge is -2.33. The number of nitrogens with one attached hydrogen (secondary N) is 1. The highest BCUT2D eigenvalue weighted by Gasteiger charge is 2.26. The van der Waals surface area contributed by atoms with Gasteiger partial charge in [0.25, 0.3) is 5.78 Å². The summed E-state index contributed by atoms with van der Waals surface area (Å²) in [6, 6.07) is 0. The van der Waals surface area contributed by atoms with Crippen molar-refractivity contribution >= 4 is 24.0 Å². The van der Waals surface area contributed by atoms with E-state index < -0.39 is 0 Å². The molecule has 0 radical (unpaired) electrons. The summed E-state index contributed by atoms with van der Waals surface area (Å²) in [6.07, 6.45) is 3.01. The molecule has 0 unspecified atom stereocenters. The predicted molar refractivity (Wildman–Crippen MR) is 65.4 cm³/mol. The molecule has 7 heteroatoms. The molecular formula is C10H13ClN6.